The zero-order chi connectivity index (χ0) is 13.2. The van der Waals surface area contributed by atoms with E-state index in [9.17, 15) is 18.3 Å². The number of aliphatic hydroxyl groups is 1. The number of aliphatic hydroxyl groups excluding tert-OH is 1. The van der Waals surface area contributed by atoms with Gasteiger partial charge in [-0.3, -0.25) is 0 Å². The summed E-state index contributed by atoms with van der Waals surface area (Å²) in [6.45, 7) is 3.58. The van der Waals surface area contributed by atoms with E-state index in [2.05, 4.69) is 0 Å². The maximum atomic E-state index is 12.2. The number of rotatable bonds is 3. The summed E-state index contributed by atoms with van der Waals surface area (Å²) < 4.78 is 41.7. The van der Waals surface area contributed by atoms with Crippen molar-refractivity contribution in [1.82, 2.24) is 0 Å². The molecule has 5 heteroatoms. The van der Waals surface area contributed by atoms with Crippen LogP contribution in [0.2, 0.25) is 0 Å². The molecule has 0 spiro atoms. The first-order valence-corrected chi connectivity index (χ1v) is 5.15. The molecule has 1 unspecified atom stereocenters. The molecule has 0 radical (unpaired) electrons. The van der Waals surface area contributed by atoms with Crippen LogP contribution in [0.15, 0.2) is 12.1 Å². The molecule has 0 saturated heterocycles. The number of hydrogen-bond donors (Lipinski definition) is 1. The first-order chi connectivity index (χ1) is 7.76. The van der Waals surface area contributed by atoms with Gasteiger partial charge in [-0.2, -0.15) is 13.2 Å². The summed E-state index contributed by atoms with van der Waals surface area (Å²) in [5.41, 5.74) is 1.82. The molecule has 0 amide bonds. The lowest BCUT2D eigenvalue weighted by Crippen LogP contribution is -2.14. The standard InChI is InChI=1S/C12H15F3O2/c1-7-4-5-9(11(17-3)8(7)2)10(16)6-12(13,14)15/h4-5,10,16H,6H2,1-3H3. The number of methoxy groups -OCH3 is 1. The van der Waals surface area contributed by atoms with E-state index in [0.717, 1.165) is 11.1 Å². The van der Waals surface area contributed by atoms with Crippen molar-refractivity contribution in [1.29, 1.82) is 0 Å². The third-order valence-electron chi connectivity index (χ3n) is 2.70. The van der Waals surface area contributed by atoms with Gasteiger partial charge in [0.15, 0.2) is 0 Å². The molecule has 96 valence electrons. The molecular weight excluding hydrogens is 233 g/mol. The molecule has 0 aliphatic carbocycles. The van der Waals surface area contributed by atoms with Gasteiger partial charge in [0, 0.05) is 5.56 Å². The van der Waals surface area contributed by atoms with Crippen molar-refractivity contribution in [3.63, 3.8) is 0 Å². The molecule has 0 aliphatic rings. The van der Waals surface area contributed by atoms with Crippen LogP contribution in [-0.4, -0.2) is 18.4 Å². The minimum atomic E-state index is -4.40. The van der Waals surface area contributed by atoms with Gasteiger partial charge in [0.1, 0.15) is 5.75 Å². The van der Waals surface area contributed by atoms with E-state index in [-0.39, 0.29) is 5.56 Å². The monoisotopic (exact) mass is 248 g/mol. The number of ether oxygens (including phenoxy) is 1. The third-order valence-corrected chi connectivity index (χ3v) is 2.70. The summed E-state index contributed by atoms with van der Waals surface area (Å²) in [5, 5.41) is 9.58. The average Bonchev–Trinajstić information content (AvgIpc) is 2.19. The normalized spacial score (nSPS) is 13.6. The summed E-state index contributed by atoms with van der Waals surface area (Å²) in [4.78, 5) is 0. The van der Waals surface area contributed by atoms with E-state index in [0.29, 0.717) is 5.75 Å². The number of benzene rings is 1. The Labute approximate surface area is 98.0 Å². The molecule has 17 heavy (non-hydrogen) atoms. The smallest absolute Gasteiger partial charge is 0.391 e. The van der Waals surface area contributed by atoms with Crippen molar-refractivity contribution in [3.05, 3.63) is 28.8 Å². The van der Waals surface area contributed by atoms with E-state index in [1.807, 2.05) is 6.92 Å². The topological polar surface area (TPSA) is 29.5 Å². The Morgan fingerprint density at radius 3 is 2.35 bits per heavy atom. The molecule has 1 atom stereocenters. The van der Waals surface area contributed by atoms with E-state index >= 15 is 0 Å². The average molecular weight is 248 g/mol. The highest BCUT2D eigenvalue weighted by Crippen LogP contribution is 2.36. The van der Waals surface area contributed by atoms with Gasteiger partial charge in [-0.05, 0) is 25.0 Å². The molecule has 0 aromatic heterocycles. The molecule has 1 N–H and O–H groups in total. The van der Waals surface area contributed by atoms with Crippen molar-refractivity contribution in [2.24, 2.45) is 0 Å². The highest BCUT2D eigenvalue weighted by atomic mass is 19.4. The van der Waals surface area contributed by atoms with Gasteiger partial charge in [-0.25, -0.2) is 0 Å². The van der Waals surface area contributed by atoms with E-state index in [1.165, 1.54) is 13.2 Å². The van der Waals surface area contributed by atoms with Crippen LogP contribution in [0.5, 0.6) is 5.75 Å². The first kappa shape index (κ1) is 13.8. The van der Waals surface area contributed by atoms with Crippen LogP contribution in [0.1, 0.15) is 29.2 Å². The van der Waals surface area contributed by atoms with Gasteiger partial charge in [-0.1, -0.05) is 12.1 Å². The first-order valence-electron chi connectivity index (χ1n) is 5.15. The Morgan fingerprint density at radius 1 is 1.29 bits per heavy atom. The lowest BCUT2D eigenvalue weighted by atomic mass is 9.99. The third kappa shape index (κ3) is 3.36. The lowest BCUT2D eigenvalue weighted by Gasteiger charge is -2.19. The molecular formula is C12H15F3O2. The summed E-state index contributed by atoms with van der Waals surface area (Å²) in [5.74, 6) is 0.321. The lowest BCUT2D eigenvalue weighted by molar-refractivity contribution is -0.154. The minimum absolute atomic E-state index is 0.174. The SMILES string of the molecule is COc1c(C(O)CC(F)(F)F)ccc(C)c1C. The zero-order valence-electron chi connectivity index (χ0n) is 9.93. The van der Waals surface area contributed by atoms with Crippen LogP contribution >= 0.6 is 0 Å². The van der Waals surface area contributed by atoms with Crippen LogP contribution in [-0.2, 0) is 0 Å². The van der Waals surface area contributed by atoms with Crippen molar-refractivity contribution in [2.75, 3.05) is 7.11 Å². The Bertz CT molecular complexity index is 399. The summed E-state index contributed by atoms with van der Waals surface area (Å²) in [6, 6.07) is 3.14. The fourth-order valence-corrected chi connectivity index (χ4v) is 1.67. The summed E-state index contributed by atoms with van der Waals surface area (Å²) >= 11 is 0. The van der Waals surface area contributed by atoms with Crippen LogP contribution < -0.4 is 4.74 Å². The molecule has 2 nitrogen and oxygen atoms in total. The molecule has 0 aliphatic heterocycles. The van der Waals surface area contributed by atoms with Crippen molar-refractivity contribution >= 4 is 0 Å². The zero-order valence-corrected chi connectivity index (χ0v) is 9.93. The van der Waals surface area contributed by atoms with Gasteiger partial charge >= 0.3 is 6.18 Å². The highest BCUT2D eigenvalue weighted by molar-refractivity contribution is 5.46. The minimum Gasteiger partial charge on any atom is -0.496 e. The number of aryl methyl sites for hydroxylation is 1. The molecule has 0 saturated carbocycles. The Kier molecular flexibility index (Phi) is 4.03. The number of hydrogen-bond acceptors (Lipinski definition) is 2. The predicted octanol–water partition coefficient (Wildman–Crippen LogP) is 3.30. The maximum absolute atomic E-state index is 12.2. The molecule has 1 aromatic carbocycles. The van der Waals surface area contributed by atoms with E-state index in [1.54, 1.807) is 13.0 Å². The predicted molar refractivity (Wildman–Crippen MR) is 58.1 cm³/mol. The summed E-state index contributed by atoms with van der Waals surface area (Å²) in [6.07, 6.45) is -7.26. The number of alkyl halides is 3. The molecule has 1 aromatic rings. The van der Waals surface area contributed by atoms with Gasteiger partial charge in [-0.15, -0.1) is 0 Å². The van der Waals surface area contributed by atoms with Gasteiger partial charge in [0.25, 0.3) is 0 Å². The van der Waals surface area contributed by atoms with Crippen LogP contribution in [0.25, 0.3) is 0 Å². The number of halogens is 3. The van der Waals surface area contributed by atoms with Gasteiger partial charge in [0.05, 0.1) is 19.6 Å². The molecule has 0 heterocycles. The second-order valence-electron chi connectivity index (χ2n) is 3.97. The highest BCUT2D eigenvalue weighted by Gasteiger charge is 2.33. The Morgan fingerprint density at radius 2 is 1.88 bits per heavy atom. The van der Waals surface area contributed by atoms with Crippen LogP contribution in [0.3, 0.4) is 0 Å². The van der Waals surface area contributed by atoms with Crippen LogP contribution in [0.4, 0.5) is 13.2 Å². The molecule has 0 bridgehead atoms. The molecule has 1 rings (SSSR count). The van der Waals surface area contributed by atoms with Gasteiger partial charge < -0.3 is 9.84 Å². The van der Waals surface area contributed by atoms with Crippen molar-refractivity contribution < 1.29 is 23.0 Å². The van der Waals surface area contributed by atoms with Crippen molar-refractivity contribution in [2.45, 2.75) is 32.5 Å². The van der Waals surface area contributed by atoms with E-state index in [4.69, 9.17) is 4.74 Å². The van der Waals surface area contributed by atoms with E-state index < -0.39 is 18.7 Å². The Balaban J connectivity index is 3.10. The molecule has 0 fully saturated rings. The summed E-state index contributed by atoms with van der Waals surface area (Å²) in [7, 11) is 1.38. The fourth-order valence-electron chi connectivity index (χ4n) is 1.67. The maximum Gasteiger partial charge on any atom is 0.391 e. The fraction of sp³-hybridized carbons (Fsp3) is 0.500. The van der Waals surface area contributed by atoms with Gasteiger partial charge in [0.2, 0.25) is 0 Å². The second-order valence-corrected chi connectivity index (χ2v) is 3.97. The largest absolute Gasteiger partial charge is 0.496 e. The Hall–Kier alpha value is -1.23. The van der Waals surface area contributed by atoms with Crippen molar-refractivity contribution in [3.8, 4) is 5.75 Å². The second kappa shape index (κ2) is 4.96. The van der Waals surface area contributed by atoms with Crippen LogP contribution in [0, 0.1) is 13.8 Å². The quantitative estimate of drug-likeness (QED) is 0.889.